The Balaban J connectivity index is 0.000000171. The third kappa shape index (κ3) is 22.2. The number of anilines is 7. The molecule has 3 saturated carbocycles. The van der Waals surface area contributed by atoms with Crippen molar-refractivity contribution >= 4 is 66.5 Å². The number of hydrogen-bond acceptors (Lipinski definition) is 18. The van der Waals surface area contributed by atoms with Crippen molar-refractivity contribution in [2.45, 2.75) is 140 Å². The van der Waals surface area contributed by atoms with Crippen molar-refractivity contribution < 1.29 is 65.5 Å². The van der Waals surface area contributed by atoms with Gasteiger partial charge in [0.25, 0.3) is 11.8 Å². The van der Waals surface area contributed by atoms with Gasteiger partial charge in [0.1, 0.15) is 19.0 Å². The second-order valence-corrected chi connectivity index (χ2v) is 29.8. The molecule has 9 aromatic rings. The minimum Gasteiger partial charge on any atom is -0.369 e. The van der Waals surface area contributed by atoms with Crippen LogP contribution in [-0.4, -0.2) is 106 Å². The van der Waals surface area contributed by atoms with Gasteiger partial charge in [0.05, 0.1) is 18.4 Å². The molecule has 0 aliphatic heterocycles. The molecule has 0 saturated heterocycles. The summed E-state index contributed by atoms with van der Waals surface area (Å²) in [7, 11) is -6.97. The van der Waals surface area contributed by atoms with E-state index in [0.717, 1.165) is 84.9 Å². The first kappa shape index (κ1) is 78.4. The average Bonchev–Trinajstić information content (AvgIpc) is 1.50. The van der Waals surface area contributed by atoms with Gasteiger partial charge < -0.3 is 36.4 Å². The molecular formula is C72H79F10N17O5S2. The van der Waals surface area contributed by atoms with Gasteiger partial charge in [-0.2, -0.15) is 31.4 Å². The van der Waals surface area contributed by atoms with E-state index in [-0.39, 0.29) is 102 Å². The van der Waals surface area contributed by atoms with Crippen LogP contribution in [0.3, 0.4) is 0 Å². The Labute approximate surface area is 606 Å². The summed E-state index contributed by atoms with van der Waals surface area (Å²) in [6.07, 6.45) is 13.6. The minimum atomic E-state index is -5.39. The van der Waals surface area contributed by atoms with Crippen LogP contribution in [0.15, 0.2) is 159 Å². The number of carbonyl (C=O) groups is 1. The van der Waals surface area contributed by atoms with Crippen LogP contribution in [0, 0.1) is 23.4 Å². The SMILES string of the molecule is CC(F)(F)c1ccc(CN(c2ncnc(NCC3CCC(NS(=O)(=O)C(F)(F)F)CC3)c2F)C2CC2)cc1.CC(F)(F)c1ccc(CN(c2ncnc(NCc3ccc(NS(C)(=O)=O)cc3)c2F)C2CC2)cc1.CN(Cc1cccc(-n2cccn2)c1)c1ncnc(NCc2ccc(CC(N)=O)cc2)c1F. The zero-order valence-corrected chi connectivity index (χ0v) is 59.7. The number of halogens is 10. The Kier molecular flexibility index (Phi) is 25.1. The summed E-state index contributed by atoms with van der Waals surface area (Å²) in [5.41, 5.74) is 6.11. The molecule has 564 valence electrons. The number of aromatic nitrogens is 8. The lowest BCUT2D eigenvalue weighted by Gasteiger charge is -2.29. The van der Waals surface area contributed by atoms with Crippen molar-refractivity contribution in [2.24, 2.45) is 11.7 Å². The number of nitrogens with two attached hydrogens (primary N) is 1. The van der Waals surface area contributed by atoms with Crippen LogP contribution in [0.25, 0.3) is 5.69 Å². The summed E-state index contributed by atoms with van der Waals surface area (Å²) in [5, 5.41) is 13.2. The van der Waals surface area contributed by atoms with Crippen molar-refractivity contribution in [2.75, 3.05) is 55.2 Å². The Morgan fingerprint density at radius 2 is 1.00 bits per heavy atom. The van der Waals surface area contributed by atoms with Gasteiger partial charge in [-0.1, -0.05) is 97.1 Å². The van der Waals surface area contributed by atoms with Gasteiger partial charge in [-0.25, -0.2) is 73.7 Å². The van der Waals surface area contributed by atoms with Crippen LogP contribution >= 0.6 is 0 Å². The molecular weight excluding hydrogens is 1440 g/mol. The summed E-state index contributed by atoms with van der Waals surface area (Å²) < 4.78 is 189. The molecule has 1 amide bonds. The topological polar surface area (TPSA) is 276 Å². The van der Waals surface area contributed by atoms with Gasteiger partial charge in [-0.3, -0.25) is 9.52 Å². The lowest BCUT2D eigenvalue weighted by Crippen LogP contribution is -2.44. The summed E-state index contributed by atoms with van der Waals surface area (Å²) in [6, 6.07) is 35.1. The standard InChI is InChI=1S/C24H29F6N5O2S.C24H26F3N5O2S.C24H24FN7O/c1-23(26,27)17-6-2-16(3-7-17)13-35(19-10-11-19)22-20(25)21(32-14-33-22)31-12-15-4-8-18(9-5-15)34-38(36,37)24(28,29)30;1-24(26,27)18-7-3-17(4-8-18)14-32(20-11-12-20)23-21(25)22(29-15-30-23)28-13-16-5-9-19(10-6-16)31-35(2,33)34;1-31(15-19-4-2-5-20(12-19)32-11-3-10-30-32)24-22(25)23(28-16-29-24)27-14-18-8-6-17(7-9-18)13-21(26)33/h2-3,6-7,14-15,18-19,34H,4-5,8-13H2,1H3,(H,31,32,33);3-10,15,20,31H,11-14H2,1-2H3,(H,28,29,30);2-12,16H,13-15H2,1H3,(H2,26,33)(H,27,28,29). The highest BCUT2D eigenvalue weighted by molar-refractivity contribution is 7.92. The van der Waals surface area contributed by atoms with E-state index in [2.05, 4.69) is 55.7 Å². The molecule has 0 unspecified atom stereocenters. The number of benzene rings is 5. The van der Waals surface area contributed by atoms with E-state index in [1.54, 1.807) is 81.0 Å². The zero-order valence-electron chi connectivity index (χ0n) is 58.1. The molecule has 0 bridgehead atoms. The van der Waals surface area contributed by atoms with E-state index >= 15 is 13.2 Å². The summed E-state index contributed by atoms with van der Waals surface area (Å²) >= 11 is 0. The van der Waals surface area contributed by atoms with E-state index in [0.29, 0.717) is 44.7 Å². The molecule has 106 heavy (non-hydrogen) atoms. The molecule has 7 N–H and O–H groups in total. The lowest BCUT2D eigenvalue weighted by molar-refractivity contribution is -0.117. The van der Waals surface area contributed by atoms with Gasteiger partial charge in [-0.15, -0.1) is 0 Å². The van der Waals surface area contributed by atoms with Gasteiger partial charge in [-0.05, 0) is 121 Å². The third-order valence-electron chi connectivity index (χ3n) is 17.5. The van der Waals surface area contributed by atoms with Crippen molar-refractivity contribution in [3.05, 3.63) is 221 Å². The highest BCUT2D eigenvalue weighted by Crippen LogP contribution is 2.38. The fourth-order valence-corrected chi connectivity index (χ4v) is 13.0. The average molecular weight is 1520 g/mol. The third-order valence-corrected chi connectivity index (χ3v) is 19.4. The maximum atomic E-state index is 15.4. The maximum absolute atomic E-state index is 15.4. The monoisotopic (exact) mass is 1520 g/mol. The summed E-state index contributed by atoms with van der Waals surface area (Å²) in [4.78, 5) is 40.9. The van der Waals surface area contributed by atoms with Gasteiger partial charge in [0.15, 0.2) is 34.9 Å². The zero-order chi connectivity index (χ0) is 76.1. The molecule has 3 aliphatic rings. The molecule has 4 aromatic heterocycles. The molecule has 34 heteroatoms. The number of alkyl halides is 7. The van der Waals surface area contributed by atoms with Gasteiger partial charge >= 0.3 is 15.5 Å². The first-order valence-corrected chi connectivity index (χ1v) is 37.1. The normalized spacial score (nSPS) is 15.4. The molecule has 0 radical (unpaired) electrons. The Morgan fingerprint density at radius 3 is 1.44 bits per heavy atom. The number of rotatable bonds is 29. The summed E-state index contributed by atoms with van der Waals surface area (Å²) in [6.45, 7) is 3.71. The number of amides is 1. The largest absolute Gasteiger partial charge is 0.511 e. The predicted molar refractivity (Wildman–Crippen MR) is 383 cm³/mol. The van der Waals surface area contributed by atoms with Crippen molar-refractivity contribution in [3.8, 4) is 5.69 Å². The molecule has 0 atom stereocenters. The molecule has 0 spiro atoms. The van der Waals surface area contributed by atoms with E-state index in [4.69, 9.17) is 5.73 Å². The number of sulfonamides is 2. The number of nitrogens with zero attached hydrogens (tertiary/aromatic N) is 11. The molecule has 4 heterocycles. The van der Waals surface area contributed by atoms with Crippen LogP contribution < -0.4 is 45.8 Å². The summed E-state index contributed by atoms with van der Waals surface area (Å²) in [5.74, 6) is -7.41. The second kappa shape index (κ2) is 33.9. The van der Waals surface area contributed by atoms with Crippen LogP contribution in [0.4, 0.5) is 84.5 Å². The van der Waals surface area contributed by atoms with Crippen molar-refractivity contribution in [1.82, 2.24) is 44.4 Å². The van der Waals surface area contributed by atoms with Crippen LogP contribution in [-0.2, 0) is 75.8 Å². The second-order valence-electron chi connectivity index (χ2n) is 26.3. The van der Waals surface area contributed by atoms with Crippen LogP contribution in [0.5, 0.6) is 0 Å². The van der Waals surface area contributed by atoms with E-state index in [9.17, 15) is 52.4 Å². The quantitative estimate of drug-likeness (QED) is 0.0238. The number of carbonyl (C=O) groups excluding carboxylic acids is 1. The van der Waals surface area contributed by atoms with Crippen molar-refractivity contribution in [3.63, 3.8) is 0 Å². The van der Waals surface area contributed by atoms with Gasteiger partial charge in [0, 0.05) is 107 Å². The number of primary amides is 1. The number of hydrogen-bond donors (Lipinski definition) is 6. The molecule has 3 fully saturated rings. The molecule has 5 aromatic carbocycles. The Morgan fingerprint density at radius 1 is 0.547 bits per heavy atom. The van der Waals surface area contributed by atoms with Gasteiger partial charge in [0.2, 0.25) is 33.4 Å². The fourth-order valence-electron chi connectivity index (χ4n) is 11.7. The van der Waals surface area contributed by atoms with E-state index < -0.39 is 60.9 Å². The first-order valence-electron chi connectivity index (χ1n) is 33.8. The Hall–Kier alpha value is -10.2. The highest BCUT2D eigenvalue weighted by Gasteiger charge is 2.47. The fraction of sp³-hybridized carbons (Fsp3) is 0.361. The van der Waals surface area contributed by atoms with Crippen LogP contribution in [0.2, 0.25) is 0 Å². The lowest BCUT2D eigenvalue weighted by atomic mass is 9.86. The molecule has 3 aliphatic carbocycles. The maximum Gasteiger partial charge on any atom is 0.511 e. The molecule has 22 nitrogen and oxygen atoms in total. The Bertz CT molecular complexity index is 4650. The molecule has 12 rings (SSSR count). The predicted octanol–water partition coefficient (Wildman–Crippen LogP) is 13.3. The highest BCUT2D eigenvalue weighted by atomic mass is 32.2. The van der Waals surface area contributed by atoms with E-state index in [1.807, 2.05) is 65.7 Å². The minimum absolute atomic E-state index is 0.00537. The number of nitrogens with one attached hydrogen (secondary N) is 5. The first-order chi connectivity index (χ1) is 50.2. The van der Waals surface area contributed by atoms with E-state index in [1.165, 1.54) is 43.2 Å². The van der Waals surface area contributed by atoms with Crippen molar-refractivity contribution in [1.29, 1.82) is 0 Å². The smallest absolute Gasteiger partial charge is 0.369 e. The van der Waals surface area contributed by atoms with Crippen LogP contribution in [0.1, 0.15) is 110 Å².